The van der Waals surface area contributed by atoms with Crippen molar-refractivity contribution >= 4 is 38.5 Å². The highest BCUT2D eigenvalue weighted by molar-refractivity contribution is 7.22. The summed E-state index contributed by atoms with van der Waals surface area (Å²) in [4.78, 5) is 31.0. The molecule has 1 aliphatic heterocycles. The van der Waals surface area contributed by atoms with Gasteiger partial charge >= 0.3 is 0 Å². The van der Waals surface area contributed by atoms with E-state index in [4.69, 9.17) is 4.74 Å². The number of amides is 2. The van der Waals surface area contributed by atoms with Gasteiger partial charge in [0.1, 0.15) is 17.3 Å². The zero-order valence-corrected chi connectivity index (χ0v) is 14.9. The molecule has 0 aliphatic carbocycles. The zero-order valence-electron chi connectivity index (χ0n) is 14.0. The number of carbonyl (C=O) groups excluding carboxylic acids is 2. The van der Waals surface area contributed by atoms with Gasteiger partial charge in [-0.3, -0.25) is 9.59 Å². The number of nitrogens with one attached hydrogen (secondary N) is 1. The number of benzene rings is 1. The van der Waals surface area contributed by atoms with E-state index in [9.17, 15) is 9.59 Å². The Kier molecular flexibility index (Phi) is 4.71. The van der Waals surface area contributed by atoms with Crippen LogP contribution in [0.4, 0.5) is 5.13 Å². The van der Waals surface area contributed by atoms with Crippen molar-refractivity contribution in [2.45, 2.75) is 32.7 Å². The largest absolute Gasteiger partial charge is 0.494 e. The maximum atomic E-state index is 12.6. The minimum Gasteiger partial charge on any atom is -0.494 e. The number of methoxy groups -OCH3 is 1. The highest BCUT2D eigenvalue weighted by atomic mass is 32.1. The number of rotatable bonds is 4. The molecule has 2 amide bonds. The molecule has 0 unspecified atom stereocenters. The molecule has 7 heteroatoms. The van der Waals surface area contributed by atoms with Crippen LogP contribution in [0.2, 0.25) is 0 Å². The Hall–Kier alpha value is -2.15. The molecule has 0 spiro atoms. The van der Waals surface area contributed by atoms with Crippen molar-refractivity contribution in [1.29, 1.82) is 0 Å². The summed E-state index contributed by atoms with van der Waals surface area (Å²) < 4.78 is 6.25. The number of hydrogen-bond acceptors (Lipinski definition) is 5. The summed E-state index contributed by atoms with van der Waals surface area (Å²) in [6, 6.07) is 5.27. The maximum absolute atomic E-state index is 12.6. The lowest BCUT2D eigenvalue weighted by atomic mass is 10.1. The number of ether oxygens (including phenoxy) is 1. The van der Waals surface area contributed by atoms with Crippen LogP contribution in [0.15, 0.2) is 18.2 Å². The number of para-hydroxylation sites is 1. The summed E-state index contributed by atoms with van der Waals surface area (Å²) in [5.74, 6) is 0.435. The van der Waals surface area contributed by atoms with Crippen molar-refractivity contribution in [2.24, 2.45) is 5.92 Å². The topological polar surface area (TPSA) is 71.5 Å². The second-order valence-corrected chi connectivity index (χ2v) is 7.19. The fraction of sp³-hybridized carbons (Fsp3) is 0.471. The van der Waals surface area contributed by atoms with Crippen molar-refractivity contribution in [1.82, 2.24) is 9.88 Å². The molecule has 1 aliphatic rings. The van der Waals surface area contributed by atoms with E-state index >= 15 is 0 Å². The van der Waals surface area contributed by atoms with Gasteiger partial charge in [0, 0.05) is 12.5 Å². The number of likely N-dealkylation sites (tertiary alicyclic amines) is 1. The zero-order chi connectivity index (χ0) is 17.3. The fourth-order valence-electron chi connectivity index (χ4n) is 2.96. The van der Waals surface area contributed by atoms with E-state index in [-0.39, 0.29) is 17.7 Å². The van der Waals surface area contributed by atoms with Crippen LogP contribution in [-0.2, 0) is 9.59 Å². The Morgan fingerprint density at radius 1 is 1.42 bits per heavy atom. The molecule has 2 aromatic rings. The van der Waals surface area contributed by atoms with Gasteiger partial charge in [-0.2, -0.15) is 0 Å². The van der Waals surface area contributed by atoms with Gasteiger partial charge < -0.3 is 15.0 Å². The van der Waals surface area contributed by atoms with Crippen molar-refractivity contribution < 1.29 is 14.3 Å². The van der Waals surface area contributed by atoms with Gasteiger partial charge in [0.15, 0.2) is 5.13 Å². The predicted octanol–water partition coefficient (Wildman–Crippen LogP) is 2.89. The predicted molar refractivity (Wildman–Crippen MR) is 94.4 cm³/mol. The number of hydrogen-bond donors (Lipinski definition) is 1. The van der Waals surface area contributed by atoms with E-state index in [0.29, 0.717) is 23.8 Å². The third-order valence-corrected chi connectivity index (χ3v) is 5.10. The van der Waals surface area contributed by atoms with Crippen molar-refractivity contribution in [3.63, 3.8) is 0 Å². The van der Waals surface area contributed by atoms with Crippen LogP contribution in [0.1, 0.15) is 26.7 Å². The molecule has 0 radical (unpaired) electrons. The SMILES string of the molecule is COc1cccc2sc(NC(=O)[C@H]3CCCN3C(=O)C(C)C)nc12. The Labute approximate surface area is 144 Å². The molecule has 24 heavy (non-hydrogen) atoms. The first kappa shape index (κ1) is 16.7. The fourth-order valence-corrected chi connectivity index (χ4v) is 3.85. The van der Waals surface area contributed by atoms with E-state index in [2.05, 4.69) is 10.3 Å². The number of carbonyl (C=O) groups is 2. The summed E-state index contributed by atoms with van der Waals surface area (Å²) in [7, 11) is 1.60. The molecule has 6 nitrogen and oxygen atoms in total. The Morgan fingerprint density at radius 3 is 2.92 bits per heavy atom. The first-order valence-electron chi connectivity index (χ1n) is 8.06. The number of aromatic nitrogens is 1. The normalized spacial score (nSPS) is 17.5. The Morgan fingerprint density at radius 2 is 2.21 bits per heavy atom. The summed E-state index contributed by atoms with van der Waals surface area (Å²) >= 11 is 1.40. The van der Waals surface area contributed by atoms with Crippen LogP contribution in [0, 0.1) is 5.92 Å². The summed E-state index contributed by atoms with van der Waals surface area (Å²) in [6.45, 7) is 4.35. The van der Waals surface area contributed by atoms with Crippen LogP contribution < -0.4 is 10.1 Å². The van der Waals surface area contributed by atoms with E-state index in [0.717, 1.165) is 16.6 Å². The van der Waals surface area contributed by atoms with Gasteiger partial charge in [-0.15, -0.1) is 0 Å². The van der Waals surface area contributed by atoms with Gasteiger partial charge in [-0.1, -0.05) is 31.3 Å². The molecule has 2 heterocycles. The second-order valence-electron chi connectivity index (χ2n) is 6.16. The molecule has 3 rings (SSSR count). The number of fused-ring (bicyclic) bond motifs is 1. The minimum atomic E-state index is -0.409. The van der Waals surface area contributed by atoms with Gasteiger partial charge in [0.2, 0.25) is 11.8 Å². The minimum absolute atomic E-state index is 0.0265. The molecule has 1 N–H and O–H groups in total. The highest BCUT2D eigenvalue weighted by Crippen LogP contribution is 2.32. The molecule has 0 saturated carbocycles. The molecular formula is C17H21N3O3S. The molecule has 1 atom stereocenters. The number of thiazole rings is 1. The van der Waals surface area contributed by atoms with Crippen molar-refractivity contribution in [3.05, 3.63) is 18.2 Å². The third kappa shape index (κ3) is 3.08. The maximum Gasteiger partial charge on any atom is 0.248 e. The van der Waals surface area contributed by atoms with Crippen LogP contribution >= 0.6 is 11.3 Å². The molecule has 1 fully saturated rings. The van der Waals surface area contributed by atoms with Gasteiger partial charge in [0.05, 0.1) is 11.8 Å². The van der Waals surface area contributed by atoms with E-state index in [1.54, 1.807) is 12.0 Å². The number of nitrogens with zero attached hydrogens (tertiary/aromatic N) is 2. The molecule has 128 valence electrons. The van der Waals surface area contributed by atoms with E-state index in [1.807, 2.05) is 32.0 Å². The van der Waals surface area contributed by atoms with Crippen LogP contribution in [0.3, 0.4) is 0 Å². The quantitative estimate of drug-likeness (QED) is 0.923. The van der Waals surface area contributed by atoms with Crippen LogP contribution in [0.25, 0.3) is 10.2 Å². The van der Waals surface area contributed by atoms with Crippen molar-refractivity contribution in [3.8, 4) is 5.75 Å². The lowest BCUT2D eigenvalue weighted by Gasteiger charge is -2.25. The molecule has 1 aromatic heterocycles. The second kappa shape index (κ2) is 6.76. The average molecular weight is 347 g/mol. The summed E-state index contributed by atoms with van der Waals surface area (Å²) in [5, 5.41) is 3.40. The standard InChI is InChI=1S/C17H21N3O3S/c1-10(2)16(22)20-9-5-6-11(20)15(21)19-17-18-14-12(23-3)7-4-8-13(14)24-17/h4,7-8,10-11H,5-6,9H2,1-3H3,(H,18,19,21)/t11-/m1/s1. The first-order valence-corrected chi connectivity index (χ1v) is 8.87. The lowest BCUT2D eigenvalue weighted by Crippen LogP contribution is -2.44. The van der Waals surface area contributed by atoms with E-state index in [1.165, 1.54) is 11.3 Å². The first-order chi connectivity index (χ1) is 11.5. The highest BCUT2D eigenvalue weighted by Gasteiger charge is 2.35. The number of anilines is 1. The van der Waals surface area contributed by atoms with Crippen LogP contribution in [-0.4, -0.2) is 41.4 Å². The molecule has 0 bridgehead atoms. The molecule has 1 saturated heterocycles. The van der Waals surface area contributed by atoms with Gasteiger partial charge in [-0.05, 0) is 25.0 Å². The smallest absolute Gasteiger partial charge is 0.248 e. The molecular weight excluding hydrogens is 326 g/mol. The van der Waals surface area contributed by atoms with Crippen molar-refractivity contribution in [2.75, 3.05) is 19.0 Å². The third-order valence-electron chi connectivity index (χ3n) is 4.16. The monoisotopic (exact) mass is 347 g/mol. The summed E-state index contributed by atoms with van der Waals surface area (Å²) in [5.41, 5.74) is 0.738. The van der Waals surface area contributed by atoms with Crippen LogP contribution in [0.5, 0.6) is 5.75 Å². The van der Waals surface area contributed by atoms with Gasteiger partial charge in [-0.25, -0.2) is 4.98 Å². The Bertz CT molecular complexity index is 772. The van der Waals surface area contributed by atoms with E-state index < -0.39 is 6.04 Å². The summed E-state index contributed by atoms with van der Waals surface area (Å²) in [6.07, 6.45) is 1.54. The Balaban J connectivity index is 1.78. The lowest BCUT2D eigenvalue weighted by molar-refractivity contribution is -0.139. The average Bonchev–Trinajstić information content (AvgIpc) is 3.19. The van der Waals surface area contributed by atoms with Gasteiger partial charge in [0.25, 0.3) is 0 Å². The molecule has 1 aromatic carbocycles.